The number of aryl methyl sites for hydroxylation is 1. The van der Waals surface area contributed by atoms with Crippen molar-refractivity contribution >= 4 is 16.6 Å². The first-order chi connectivity index (χ1) is 9.83. The lowest BCUT2D eigenvalue weighted by Gasteiger charge is -2.09. The van der Waals surface area contributed by atoms with Crippen LogP contribution in [-0.4, -0.2) is 16.7 Å². The Bertz CT molecular complexity index is 537. The van der Waals surface area contributed by atoms with Gasteiger partial charge < -0.3 is 5.32 Å². The number of anilines is 1. The normalized spacial score (nSPS) is 10.9. The van der Waals surface area contributed by atoms with Gasteiger partial charge in [0, 0.05) is 17.3 Å². The number of unbranched alkanes of at least 4 members (excludes halogenated alkanes) is 5. The third kappa shape index (κ3) is 3.92. The number of aromatic nitrogens is 2. The number of rotatable bonds is 8. The maximum Gasteiger partial charge on any atom is 0.156 e. The van der Waals surface area contributed by atoms with Crippen LogP contribution >= 0.6 is 0 Å². The number of hydrogen-bond donors (Lipinski definition) is 1. The van der Waals surface area contributed by atoms with Crippen molar-refractivity contribution in [2.75, 3.05) is 11.9 Å². The smallest absolute Gasteiger partial charge is 0.156 e. The molecule has 0 atom stereocenters. The number of fused-ring (bicyclic) bond motifs is 1. The highest BCUT2D eigenvalue weighted by Gasteiger charge is 2.04. The Morgan fingerprint density at radius 3 is 2.40 bits per heavy atom. The Morgan fingerprint density at radius 1 is 0.900 bits per heavy atom. The van der Waals surface area contributed by atoms with E-state index in [0.717, 1.165) is 18.1 Å². The van der Waals surface area contributed by atoms with E-state index in [2.05, 4.69) is 46.7 Å². The number of hydrogen-bond acceptors (Lipinski definition) is 3. The molecule has 0 spiro atoms. The predicted octanol–water partition coefficient (Wildman–Crippen LogP) is 4.71. The molecule has 1 heterocycles. The quantitative estimate of drug-likeness (QED) is 0.706. The van der Waals surface area contributed by atoms with E-state index in [9.17, 15) is 0 Å². The van der Waals surface area contributed by atoms with E-state index >= 15 is 0 Å². The molecule has 0 saturated heterocycles. The van der Waals surface area contributed by atoms with Crippen molar-refractivity contribution in [1.29, 1.82) is 0 Å². The lowest BCUT2D eigenvalue weighted by atomic mass is 10.1. The first-order valence-corrected chi connectivity index (χ1v) is 7.79. The standard InChI is InChI=1S/C17H25N3/c1-3-4-5-6-7-10-13-18-17-16-12-9-8-11-15(16)14(2)19-20-17/h8-9,11-12H,3-7,10,13H2,1-2H3,(H,18,20). The van der Waals surface area contributed by atoms with E-state index in [-0.39, 0.29) is 0 Å². The lowest BCUT2D eigenvalue weighted by Crippen LogP contribution is -2.05. The summed E-state index contributed by atoms with van der Waals surface area (Å²) in [6.07, 6.45) is 7.88. The van der Waals surface area contributed by atoms with Crippen LogP contribution in [0.15, 0.2) is 24.3 Å². The fourth-order valence-corrected chi connectivity index (χ4v) is 2.48. The summed E-state index contributed by atoms with van der Waals surface area (Å²) in [5.41, 5.74) is 0.991. The first kappa shape index (κ1) is 14.8. The molecule has 2 aromatic rings. The van der Waals surface area contributed by atoms with Gasteiger partial charge in [-0.05, 0) is 13.3 Å². The van der Waals surface area contributed by atoms with E-state index in [0.29, 0.717) is 0 Å². The highest BCUT2D eigenvalue weighted by molar-refractivity contribution is 5.92. The topological polar surface area (TPSA) is 37.8 Å². The third-order valence-electron chi connectivity index (χ3n) is 3.69. The zero-order valence-corrected chi connectivity index (χ0v) is 12.7. The molecule has 0 bridgehead atoms. The van der Waals surface area contributed by atoms with Gasteiger partial charge in [0.2, 0.25) is 0 Å². The largest absolute Gasteiger partial charge is 0.368 e. The molecular formula is C17H25N3. The Balaban J connectivity index is 1.86. The molecule has 0 radical (unpaired) electrons. The van der Waals surface area contributed by atoms with Crippen molar-refractivity contribution in [2.24, 2.45) is 0 Å². The van der Waals surface area contributed by atoms with Gasteiger partial charge in [0.1, 0.15) is 0 Å². The molecular weight excluding hydrogens is 246 g/mol. The van der Waals surface area contributed by atoms with Crippen LogP contribution in [0.3, 0.4) is 0 Å². The van der Waals surface area contributed by atoms with Gasteiger partial charge in [0.25, 0.3) is 0 Å². The number of nitrogens with zero attached hydrogens (tertiary/aromatic N) is 2. The van der Waals surface area contributed by atoms with Crippen LogP contribution in [0.5, 0.6) is 0 Å². The second-order valence-electron chi connectivity index (χ2n) is 5.37. The summed E-state index contributed by atoms with van der Waals surface area (Å²) in [6, 6.07) is 8.32. The average molecular weight is 271 g/mol. The molecule has 0 aliphatic heterocycles. The van der Waals surface area contributed by atoms with E-state index in [1.807, 2.05) is 6.92 Å². The van der Waals surface area contributed by atoms with Crippen LogP contribution in [0.4, 0.5) is 5.82 Å². The summed E-state index contributed by atoms with van der Waals surface area (Å²) in [6.45, 7) is 5.24. The van der Waals surface area contributed by atoms with E-state index < -0.39 is 0 Å². The minimum absolute atomic E-state index is 0.916. The van der Waals surface area contributed by atoms with E-state index in [1.54, 1.807) is 0 Å². The molecule has 1 N–H and O–H groups in total. The van der Waals surface area contributed by atoms with Gasteiger partial charge in [0.15, 0.2) is 5.82 Å². The third-order valence-corrected chi connectivity index (χ3v) is 3.69. The Kier molecular flexibility index (Phi) is 5.78. The highest BCUT2D eigenvalue weighted by Crippen LogP contribution is 2.22. The molecule has 0 aliphatic carbocycles. The molecule has 1 aromatic heterocycles. The van der Waals surface area contributed by atoms with Crippen molar-refractivity contribution in [2.45, 2.75) is 52.4 Å². The Morgan fingerprint density at radius 2 is 1.60 bits per heavy atom. The van der Waals surface area contributed by atoms with Gasteiger partial charge >= 0.3 is 0 Å². The Labute approximate surface area is 121 Å². The molecule has 0 aliphatic rings. The molecule has 20 heavy (non-hydrogen) atoms. The van der Waals surface area contributed by atoms with E-state index in [1.165, 1.54) is 49.3 Å². The maximum absolute atomic E-state index is 4.29. The second kappa shape index (κ2) is 7.83. The zero-order chi connectivity index (χ0) is 14.2. The maximum atomic E-state index is 4.29. The van der Waals surface area contributed by atoms with Crippen LogP contribution in [0.25, 0.3) is 10.8 Å². The summed E-state index contributed by atoms with van der Waals surface area (Å²) in [4.78, 5) is 0. The molecule has 0 fully saturated rings. The van der Waals surface area contributed by atoms with Crippen LogP contribution in [0.2, 0.25) is 0 Å². The average Bonchev–Trinajstić information content (AvgIpc) is 2.49. The van der Waals surface area contributed by atoms with Crippen molar-refractivity contribution < 1.29 is 0 Å². The molecule has 108 valence electrons. The molecule has 2 rings (SSSR count). The van der Waals surface area contributed by atoms with Crippen molar-refractivity contribution in [3.05, 3.63) is 30.0 Å². The van der Waals surface area contributed by atoms with Gasteiger partial charge in [0.05, 0.1) is 5.69 Å². The molecule has 0 amide bonds. The van der Waals surface area contributed by atoms with Crippen molar-refractivity contribution in [1.82, 2.24) is 10.2 Å². The van der Waals surface area contributed by atoms with Gasteiger partial charge in [-0.1, -0.05) is 63.3 Å². The molecule has 3 heteroatoms. The SMILES string of the molecule is CCCCCCCCNc1nnc(C)c2ccccc12. The zero-order valence-electron chi connectivity index (χ0n) is 12.7. The van der Waals surface area contributed by atoms with Gasteiger partial charge in [-0.3, -0.25) is 0 Å². The minimum Gasteiger partial charge on any atom is -0.368 e. The Hall–Kier alpha value is -1.64. The summed E-state index contributed by atoms with van der Waals surface area (Å²) in [5, 5.41) is 14.3. The monoisotopic (exact) mass is 271 g/mol. The molecule has 0 saturated carbocycles. The molecule has 1 aromatic carbocycles. The van der Waals surface area contributed by atoms with Crippen LogP contribution in [0, 0.1) is 6.92 Å². The fourth-order valence-electron chi connectivity index (χ4n) is 2.48. The van der Waals surface area contributed by atoms with Crippen molar-refractivity contribution in [3.8, 4) is 0 Å². The lowest BCUT2D eigenvalue weighted by molar-refractivity contribution is 0.616. The summed E-state index contributed by atoms with van der Waals surface area (Å²) >= 11 is 0. The van der Waals surface area contributed by atoms with Gasteiger partial charge in [-0.25, -0.2) is 0 Å². The summed E-state index contributed by atoms with van der Waals surface area (Å²) < 4.78 is 0. The van der Waals surface area contributed by atoms with Crippen molar-refractivity contribution in [3.63, 3.8) is 0 Å². The summed E-state index contributed by atoms with van der Waals surface area (Å²) in [7, 11) is 0. The fraction of sp³-hybridized carbons (Fsp3) is 0.529. The van der Waals surface area contributed by atoms with Gasteiger partial charge in [-0.15, -0.1) is 5.10 Å². The highest BCUT2D eigenvalue weighted by atomic mass is 15.2. The van der Waals surface area contributed by atoms with Crippen LogP contribution in [-0.2, 0) is 0 Å². The van der Waals surface area contributed by atoms with Gasteiger partial charge in [-0.2, -0.15) is 5.10 Å². The van der Waals surface area contributed by atoms with E-state index in [4.69, 9.17) is 0 Å². The summed E-state index contributed by atoms with van der Waals surface area (Å²) in [5.74, 6) is 0.916. The minimum atomic E-state index is 0.916. The van der Waals surface area contributed by atoms with Crippen LogP contribution < -0.4 is 5.32 Å². The predicted molar refractivity (Wildman–Crippen MR) is 86.1 cm³/mol. The molecule has 3 nitrogen and oxygen atoms in total. The molecule has 0 unspecified atom stereocenters. The van der Waals surface area contributed by atoms with Crippen LogP contribution in [0.1, 0.15) is 51.1 Å². The number of benzene rings is 1. The first-order valence-electron chi connectivity index (χ1n) is 7.79. The second-order valence-corrected chi connectivity index (χ2v) is 5.37. The number of nitrogens with one attached hydrogen (secondary N) is 1.